The third-order valence-corrected chi connectivity index (χ3v) is 6.34. The summed E-state index contributed by atoms with van der Waals surface area (Å²) in [6, 6.07) is 18.2. The highest BCUT2D eigenvalue weighted by molar-refractivity contribution is 8.00. The number of thioether (sulfide) groups is 1. The van der Waals surface area contributed by atoms with Crippen LogP contribution in [0.2, 0.25) is 0 Å². The number of nitrogens with zero attached hydrogens (tertiary/aromatic N) is 3. The zero-order chi connectivity index (χ0) is 20.1. The molecule has 5 nitrogen and oxygen atoms in total. The highest BCUT2D eigenvalue weighted by atomic mass is 32.2. The quantitative estimate of drug-likeness (QED) is 0.625. The first-order chi connectivity index (χ1) is 14.2. The lowest BCUT2D eigenvalue weighted by atomic mass is 10.2. The highest BCUT2D eigenvalue weighted by Gasteiger charge is 2.15. The van der Waals surface area contributed by atoms with Crippen LogP contribution in [-0.2, 0) is 4.79 Å². The average Bonchev–Trinajstić information content (AvgIpc) is 2.78. The fraction of sp³-hybridized carbons (Fsp3) is 0.304. The predicted molar refractivity (Wildman–Crippen MR) is 122 cm³/mol. The molecular weight excluding hydrogens is 380 g/mol. The van der Waals surface area contributed by atoms with Crippen LogP contribution in [0, 0.1) is 0 Å². The molecule has 2 aromatic carbocycles. The Balaban J connectivity index is 1.32. The summed E-state index contributed by atoms with van der Waals surface area (Å²) in [7, 11) is 0. The van der Waals surface area contributed by atoms with Crippen LogP contribution in [0.5, 0.6) is 0 Å². The van der Waals surface area contributed by atoms with Crippen molar-refractivity contribution in [2.75, 3.05) is 48.7 Å². The number of anilines is 2. The number of fused-ring (bicyclic) bond motifs is 1. The molecule has 1 amide bonds. The van der Waals surface area contributed by atoms with E-state index in [0.717, 1.165) is 54.2 Å². The minimum absolute atomic E-state index is 0.00718. The van der Waals surface area contributed by atoms with E-state index in [1.54, 1.807) is 6.20 Å². The first-order valence-corrected chi connectivity index (χ1v) is 11.1. The van der Waals surface area contributed by atoms with E-state index < -0.39 is 0 Å². The normalized spacial score (nSPS) is 14.9. The van der Waals surface area contributed by atoms with Crippen molar-refractivity contribution in [3.05, 3.63) is 60.8 Å². The molecule has 4 rings (SSSR count). The number of likely N-dealkylation sites (N-methyl/N-ethyl adjacent to an activating group) is 1. The topological polar surface area (TPSA) is 48.5 Å². The van der Waals surface area contributed by atoms with Crippen LogP contribution in [0.3, 0.4) is 0 Å². The second kappa shape index (κ2) is 9.29. The number of benzene rings is 2. The van der Waals surface area contributed by atoms with Gasteiger partial charge in [-0.15, -0.1) is 11.8 Å². The molecule has 0 radical (unpaired) electrons. The maximum atomic E-state index is 12.4. The fourth-order valence-electron chi connectivity index (χ4n) is 3.61. The maximum Gasteiger partial charge on any atom is 0.234 e. The van der Waals surface area contributed by atoms with Crippen molar-refractivity contribution in [1.29, 1.82) is 0 Å². The van der Waals surface area contributed by atoms with Crippen molar-refractivity contribution >= 4 is 39.9 Å². The molecular formula is C23H26N4OS. The minimum Gasteiger partial charge on any atom is -0.369 e. The number of carbonyl (C=O) groups excluding carboxylic acids is 1. The molecule has 1 aromatic heterocycles. The second-order valence-corrected chi connectivity index (χ2v) is 8.15. The maximum absolute atomic E-state index is 12.4. The van der Waals surface area contributed by atoms with E-state index in [1.807, 2.05) is 42.5 Å². The van der Waals surface area contributed by atoms with Gasteiger partial charge in [-0.3, -0.25) is 9.78 Å². The van der Waals surface area contributed by atoms with Gasteiger partial charge in [-0.25, -0.2) is 0 Å². The van der Waals surface area contributed by atoms with Crippen molar-refractivity contribution in [1.82, 2.24) is 9.88 Å². The van der Waals surface area contributed by atoms with Crippen molar-refractivity contribution in [3.8, 4) is 0 Å². The molecule has 1 aliphatic heterocycles. The van der Waals surface area contributed by atoms with Crippen molar-refractivity contribution < 1.29 is 4.79 Å². The number of hydrogen-bond acceptors (Lipinski definition) is 5. The van der Waals surface area contributed by atoms with Gasteiger partial charge < -0.3 is 15.1 Å². The van der Waals surface area contributed by atoms with E-state index in [4.69, 9.17) is 0 Å². The summed E-state index contributed by atoms with van der Waals surface area (Å²) in [5.74, 6) is 0.350. The van der Waals surface area contributed by atoms with E-state index >= 15 is 0 Å². The summed E-state index contributed by atoms with van der Waals surface area (Å²) in [4.78, 5) is 22.8. The van der Waals surface area contributed by atoms with Crippen molar-refractivity contribution in [2.45, 2.75) is 11.8 Å². The van der Waals surface area contributed by atoms with E-state index in [1.165, 1.54) is 17.4 Å². The Morgan fingerprint density at radius 3 is 2.55 bits per heavy atom. The third kappa shape index (κ3) is 4.89. The van der Waals surface area contributed by atoms with Crippen molar-refractivity contribution in [2.24, 2.45) is 0 Å². The monoisotopic (exact) mass is 406 g/mol. The Morgan fingerprint density at radius 1 is 1.03 bits per heavy atom. The Morgan fingerprint density at radius 2 is 1.79 bits per heavy atom. The molecule has 3 aromatic rings. The summed E-state index contributed by atoms with van der Waals surface area (Å²) in [5, 5.41) is 4.09. The van der Waals surface area contributed by atoms with Gasteiger partial charge in [0.05, 0.1) is 11.3 Å². The molecule has 0 atom stereocenters. The van der Waals surface area contributed by atoms with E-state index in [-0.39, 0.29) is 5.91 Å². The third-order valence-electron chi connectivity index (χ3n) is 5.29. The number of carbonyl (C=O) groups is 1. The van der Waals surface area contributed by atoms with Gasteiger partial charge in [0.2, 0.25) is 5.91 Å². The lowest BCUT2D eigenvalue weighted by molar-refractivity contribution is -0.113. The number of pyridine rings is 1. The molecule has 0 bridgehead atoms. The molecule has 1 saturated heterocycles. The van der Waals surface area contributed by atoms with Crippen LogP contribution in [0.4, 0.5) is 11.4 Å². The van der Waals surface area contributed by atoms with E-state index in [0.29, 0.717) is 5.75 Å². The van der Waals surface area contributed by atoms with Gasteiger partial charge in [-0.2, -0.15) is 0 Å². The van der Waals surface area contributed by atoms with Crippen molar-refractivity contribution in [3.63, 3.8) is 0 Å². The molecule has 150 valence electrons. The number of piperazine rings is 1. The molecule has 29 heavy (non-hydrogen) atoms. The second-order valence-electron chi connectivity index (χ2n) is 7.14. The number of amides is 1. The Bertz CT molecular complexity index is 963. The molecule has 1 aliphatic rings. The molecule has 6 heteroatoms. The van der Waals surface area contributed by atoms with Gasteiger partial charge >= 0.3 is 0 Å². The number of hydrogen-bond donors (Lipinski definition) is 1. The Hall–Kier alpha value is -2.57. The van der Waals surface area contributed by atoms with E-state index in [9.17, 15) is 4.79 Å². The summed E-state index contributed by atoms with van der Waals surface area (Å²) >= 11 is 1.52. The zero-order valence-electron chi connectivity index (χ0n) is 16.7. The molecule has 0 spiro atoms. The summed E-state index contributed by atoms with van der Waals surface area (Å²) in [5.41, 5.74) is 3.00. The van der Waals surface area contributed by atoms with Crippen LogP contribution in [0.15, 0.2) is 65.7 Å². The molecule has 1 N–H and O–H groups in total. The predicted octanol–water partition coefficient (Wildman–Crippen LogP) is 4.11. The Labute approximate surface area is 176 Å². The standard InChI is InChI=1S/C23H26N4OS/c1-2-26-13-15-27(16-14-26)20-10-8-19(9-11-20)25-22(28)17-29-21-7-3-5-18-6-4-12-24-23(18)21/h3-12H,2,13-17H2,1H3,(H,25,28). The first kappa shape index (κ1) is 19.7. The summed E-state index contributed by atoms with van der Waals surface area (Å²) < 4.78 is 0. The zero-order valence-corrected chi connectivity index (χ0v) is 17.5. The number of nitrogens with one attached hydrogen (secondary N) is 1. The van der Waals surface area contributed by atoms with Crippen LogP contribution < -0.4 is 10.2 Å². The average molecular weight is 407 g/mol. The molecule has 1 fully saturated rings. The highest BCUT2D eigenvalue weighted by Crippen LogP contribution is 2.26. The minimum atomic E-state index is -0.00718. The lowest BCUT2D eigenvalue weighted by Crippen LogP contribution is -2.46. The van der Waals surface area contributed by atoms with Crippen LogP contribution in [-0.4, -0.2) is 54.3 Å². The lowest BCUT2D eigenvalue weighted by Gasteiger charge is -2.35. The molecule has 0 unspecified atom stereocenters. The van der Waals surface area contributed by atoms with Gasteiger partial charge in [0, 0.05) is 54.0 Å². The fourth-order valence-corrected chi connectivity index (χ4v) is 4.45. The smallest absolute Gasteiger partial charge is 0.234 e. The van der Waals surface area contributed by atoms with Gasteiger partial charge in [0.1, 0.15) is 0 Å². The Kier molecular flexibility index (Phi) is 6.32. The first-order valence-electron chi connectivity index (χ1n) is 10.1. The number of para-hydroxylation sites is 1. The molecule has 2 heterocycles. The number of aromatic nitrogens is 1. The summed E-state index contributed by atoms with van der Waals surface area (Å²) in [6.07, 6.45) is 1.79. The molecule has 0 saturated carbocycles. The SMILES string of the molecule is CCN1CCN(c2ccc(NC(=O)CSc3cccc4cccnc34)cc2)CC1. The summed E-state index contributed by atoms with van der Waals surface area (Å²) in [6.45, 7) is 7.64. The largest absolute Gasteiger partial charge is 0.369 e. The van der Waals surface area contributed by atoms with Gasteiger partial charge in [0.15, 0.2) is 0 Å². The van der Waals surface area contributed by atoms with Gasteiger partial charge in [-0.05, 0) is 42.9 Å². The van der Waals surface area contributed by atoms with E-state index in [2.05, 4.69) is 39.2 Å². The number of rotatable bonds is 6. The molecule has 0 aliphatic carbocycles. The van der Waals surface area contributed by atoms with Gasteiger partial charge in [-0.1, -0.05) is 25.1 Å². The van der Waals surface area contributed by atoms with Gasteiger partial charge in [0.25, 0.3) is 0 Å². The van der Waals surface area contributed by atoms with Crippen LogP contribution >= 0.6 is 11.8 Å². The van der Waals surface area contributed by atoms with Crippen LogP contribution in [0.25, 0.3) is 10.9 Å². The van der Waals surface area contributed by atoms with Crippen LogP contribution in [0.1, 0.15) is 6.92 Å².